The average molecular weight is 362 g/mol. The van der Waals surface area contributed by atoms with Crippen molar-refractivity contribution in [2.45, 2.75) is 51.9 Å². The van der Waals surface area contributed by atoms with Crippen molar-refractivity contribution >= 4 is 0 Å². The van der Waals surface area contributed by atoms with Crippen LogP contribution in [0.1, 0.15) is 50.7 Å². The highest BCUT2D eigenvalue weighted by molar-refractivity contribution is 5.32. The number of rotatable bonds is 6. The third-order valence-electron chi connectivity index (χ3n) is 4.93. The number of hydrogen-bond donors (Lipinski definition) is 0. The molecule has 3 aliphatic rings. The molecule has 2 bridgehead atoms. The number of ether oxygens (including phenoxy) is 3. The zero-order chi connectivity index (χ0) is 18.2. The fourth-order valence-corrected chi connectivity index (χ4v) is 3.48. The van der Waals surface area contributed by atoms with Crippen molar-refractivity contribution < 1.29 is 31.8 Å². The lowest BCUT2D eigenvalue weighted by atomic mass is 9.83. The standard InChI is InChI=1S/C18H22F4O3/c1-3-5-6-11-13(19)15(21)12(16(22)14(11)20)18-23-8-17(7-4-2,9-24-18)10-25-18/h3-10H2,1-2H3. The molecule has 3 saturated heterocycles. The van der Waals surface area contributed by atoms with E-state index in [-0.39, 0.29) is 31.7 Å². The molecule has 4 rings (SSSR count). The Morgan fingerprint density at radius 3 is 1.76 bits per heavy atom. The van der Waals surface area contributed by atoms with E-state index in [0.29, 0.717) is 12.8 Å². The molecule has 0 atom stereocenters. The van der Waals surface area contributed by atoms with Crippen LogP contribution in [0.3, 0.4) is 0 Å². The minimum atomic E-state index is -2.23. The SMILES string of the molecule is CCCCc1c(F)c(F)c(C23OCC(CCC)(CO2)CO3)c(F)c1F. The molecule has 0 spiro atoms. The van der Waals surface area contributed by atoms with E-state index in [1.54, 1.807) is 0 Å². The zero-order valence-corrected chi connectivity index (χ0v) is 14.4. The van der Waals surface area contributed by atoms with Gasteiger partial charge in [0, 0.05) is 11.0 Å². The van der Waals surface area contributed by atoms with Crippen LogP contribution in [0.5, 0.6) is 0 Å². The molecular formula is C18H22F4O3. The van der Waals surface area contributed by atoms with Crippen LogP contribution in [0, 0.1) is 28.7 Å². The summed E-state index contributed by atoms with van der Waals surface area (Å²) in [5, 5.41) is 0. The Hall–Kier alpha value is -1.18. The third kappa shape index (κ3) is 2.96. The summed E-state index contributed by atoms with van der Waals surface area (Å²) in [4.78, 5) is 0. The lowest BCUT2D eigenvalue weighted by molar-refractivity contribution is -0.482. The van der Waals surface area contributed by atoms with Crippen molar-refractivity contribution in [1.82, 2.24) is 0 Å². The molecular weight excluding hydrogens is 340 g/mol. The van der Waals surface area contributed by atoms with Gasteiger partial charge in [0.05, 0.1) is 19.8 Å². The van der Waals surface area contributed by atoms with Gasteiger partial charge in [0.25, 0.3) is 0 Å². The molecule has 0 amide bonds. The Bertz CT molecular complexity index is 609. The molecule has 3 heterocycles. The lowest BCUT2D eigenvalue weighted by Crippen LogP contribution is -2.58. The van der Waals surface area contributed by atoms with Crippen molar-refractivity contribution in [2.24, 2.45) is 5.41 Å². The summed E-state index contributed by atoms with van der Waals surface area (Å²) in [6, 6.07) is 0. The topological polar surface area (TPSA) is 27.7 Å². The molecule has 0 aromatic heterocycles. The minimum Gasteiger partial charge on any atom is -0.323 e. The largest absolute Gasteiger partial charge is 0.323 e. The predicted octanol–water partition coefficient (Wildman–Crippen LogP) is 4.56. The molecule has 0 unspecified atom stereocenters. The molecule has 0 radical (unpaired) electrons. The van der Waals surface area contributed by atoms with Crippen LogP contribution in [-0.2, 0) is 26.6 Å². The van der Waals surface area contributed by atoms with Gasteiger partial charge in [-0.2, -0.15) is 0 Å². The van der Waals surface area contributed by atoms with Crippen molar-refractivity contribution in [2.75, 3.05) is 19.8 Å². The second-order valence-electron chi connectivity index (χ2n) is 6.89. The lowest BCUT2D eigenvalue weighted by Gasteiger charge is -2.51. The Labute approximate surface area is 144 Å². The molecule has 3 nitrogen and oxygen atoms in total. The number of hydrogen-bond acceptors (Lipinski definition) is 3. The van der Waals surface area contributed by atoms with Crippen LogP contribution in [0.2, 0.25) is 0 Å². The minimum absolute atomic E-state index is 0.0858. The zero-order valence-electron chi connectivity index (χ0n) is 14.4. The fraction of sp³-hybridized carbons (Fsp3) is 0.667. The summed E-state index contributed by atoms with van der Waals surface area (Å²) in [6.07, 6.45) is 2.59. The van der Waals surface area contributed by atoms with Crippen LogP contribution in [0.15, 0.2) is 0 Å². The second-order valence-corrected chi connectivity index (χ2v) is 6.89. The van der Waals surface area contributed by atoms with Gasteiger partial charge in [-0.25, -0.2) is 17.6 Å². The second kappa shape index (κ2) is 6.85. The Morgan fingerprint density at radius 2 is 1.32 bits per heavy atom. The molecule has 3 fully saturated rings. The highest BCUT2D eigenvalue weighted by Gasteiger charge is 2.56. The fourth-order valence-electron chi connectivity index (χ4n) is 3.48. The van der Waals surface area contributed by atoms with Crippen molar-refractivity contribution in [3.63, 3.8) is 0 Å². The van der Waals surface area contributed by atoms with Crippen molar-refractivity contribution in [3.8, 4) is 0 Å². The molecule has 3 aliphatic heterocycles. The first-order chi connectivity index (χ1) is 11.9. The van der Waals surface area contributed by atoms with Gasteiger partial charge in [0.2, 0.25) is 0 Å². The maximum Gasteiger partial charge on any atom is 0.318 e. The molecule has 0 N–H and O–H groups in total. The number of fused-ring (bicyclic) bond motifs is 3. The predicted molar refractivity (Wildman–Crippen MR) is 81.8 cm³/mol. The first-order valence-electron chi connectivity index (χ1n) is 8.67. The molecule has 1 aromatic rings. The van der Waals surface area contributed by atoms with E-state index >= 15 is 0 Å². The molecule has 140 valence electrons. The van der Waals surface area contributed by atoms with E-state index in [9.17, 15) is 17.6 Å². The van der Waals surface area contributed by atoms with E-state index in [4.69, 9.17) is 14.2 Å². The average Bonchev–Trinajstić information content (AvgIpc) is 2.62. The molecule has 0 saturated carbocycles. The first-order valence-corrected chi connectivity index (χ1v) is 8.67. The maximum atomic E-state index is 14.6. The first kappa shape index (κ1) is 18.6. The monoisotopic (exact) mass is 362 g/mol. The maximum absolute atomic E-state index is 14.6. The van der Waals surface area contributed by atoms with E-state index < -0.39 is 40.4 Å². The third-order valence-corrected chi connectivity index (χ3v) is 4.93. The van der Waals surface area contributed by atoms with E-state index in [1.165, 1.54) is 0 Å². The Balaban J connectivity index is 1.99. The van der Waals surface area contributed by atoms with Gasteiger partial charge in [0.15, 0.2) is 23.3 Å². The highest BCUT2D eigenvalue weighted by Crippen LogP contribution is 2.48. The number of benzene rings is 1. The van der Waals surface area contributed by atoms with Gasteiger partial charge in [-0.15, -0.1) is 0 Å². The van der Waals surface area contributed by atoms with Crippen molar-refractivity contribution in [1.29, 1.82) is 0 Å². The molecule has 25 heavy (non-hydrogen) atoms. The summed E-state index contributed by atoms with van der Waals surface area (Å²) in [5.41, 5.74) is -1.96. The summed E-state index contributed by atoms with van der Waals surface area (Å²) in [7, 11) is 0. The van der Waals surface area contributed by atoms with Gasteiger partial charge in [-0.1, -0.05) is 26.7 Å². The molecule has 1 aromatic carbocycles. The smallest absolute Gasteiger partial charge is 0.318 e. The molecule has 7 heteroatoms. The Morgan fingerprint density at radius 1 is 0.800 bits per heavy atom. The van der Waals surface area contributed by atoms with Gasteiger partial charge in [-0.05, 0) is 19.3 Å². The Kier molecular flexibility index (Phi) is 5.10. The van der Waals surface area contributed by atoms with Gasteiger partial charge in [0.1, 0.15) is 5.56 Å². The van der Waals surface area contributed by atoms with Crippen LogP contribution in [0.25, 0.3) is 0 Å². The van der Waals surface area contributed by atoms with E-state index in [1.807, 2.05) is 13.8 Å². The highest BCUT2D eigenvalue weighted by atomic mass is 19.2. The number of unbranched alkanes of at least 4 members (excludes halogenated alkanes) is 1. The normalized spacial score (nSPS) is 28.6. The number of halogens is 4. The summed E-state index contributed by atoms with van der Waals surface area (Å²) in [6.45, 7) is 4.27. The van der Waals surface area contributed by atoms with Gasteiger partial charge < -0.3 is 14.2 Å². The quantitative estimate of drug-likeness (QED) is 0.549. The summed E-state index contributed by atoms with van der Waals surface area (Å²) in [5.74, 6) is -8.09. The summed E-state index contributed by atoms with van der Waals surface area (Å²) >= 11 is 0. The van der Waals surface area contributed by atoms with Gasteiger partial charge in [-0.3, -0.25) is 0 Å². The van der Waals surface area contributed by atoms with Crippen LogP contribution < -0.4 is 0 Å². The molecule has 0 aliphatic carbocycles. The van der Waals surface area contributed by atoms with E-state index in [2.05, 4.69) is 0 Å². The van der Waals surface area contributed by atoms with Crippen LogP contribution in [-0.4, -0.2) is 19.8 Å². The van der Waals surface area contributed by atoms with Crippen molar-refractivity contribution in [3.05, 3.63) is 34.4 Å². The van der Waals surface area contributed by atoms with E-state index in [0.717, 1.165) is 12.8 Å². The van der Waals surface area contributed by atoms with Crippen LogP contribution >= 0.6 is 0 Å². The van der Waals surface area contributed by atoms with Gasteiger partial charge >= 0.3 is 5.97 Å². The summed E-state index contributed by atoms with van der Waals surface area (Å²) < 4.78 is 74.2. The van der Waals surface area contributed by atoms with Crippen LogP contribution in [0.4, 0.5) is 17.6 Å².